The highest BCUT2D eigenvalue weighted by molar-refractivity contribution is 5.90. The number of carbonyl (C=O) groups excluding carboxylic acids is 2. The predicted octanol–water partition coefficient (Wildman–Crippen LogP) is 1.43. The molecule has 5 nitrogen and oxygen atoms in total. The van der Waals surface area contributed by atoms with E-state index in [1.54, 1.807) is 12.5 Å². The summed E-state index contributed by atoms with van der Waals surface area (Å²) < 4.78 is 5.15. The van der Waals surface area contributed by atoms with Gasteiger partial charge in [-0.3, -0.25) is 9.59 Å². The monoisotopic (exact) mass is 276 g/mol. The van der Waals surface area contributed by atoms with Crippen molar-refractivity contribution in [2.45, 2.75) is 37.5 Å². The lowest BCUT2D eigenvalue weighted by Crippen LogP contribution is -2.54. The van der Waals surface area contributed by atoms with Crippen molar-refractivity contribution in [2.75, 3.05) is 13.1 Å². The molecule has 3 rings (SSSR count). The van der Waals surface area contributed by atoms with Gasteiger partial charge in [0, 0.05) is 18.7 Å². The van der Waals surface area contributed by atoms with Crippen molar-refractivity contribution in [3.8, 4) is 0 Å². The van der Waals surface area contributed by atoms with Crippen molar-refractivity contribution in [2.24, 2.45) is 11.7 Å². The third kappa shape index (κ3) is 2.01. The second-order valence-electron chi connectivity index (χ2n) is 5.94. The molecule has 2 N–H and O–H groups in total. The molecule has 0 radical (unpaired) electrons. The molecule has 0 unspecified atom stereocenters. The third-order valence-corrected chi connectivity index (χ3v) is 4.80. The second kappa shape index (κ2) is 4.96. The Kier molecular flexibility index (Phi) is 3.28. The molecule has 0 aromatic carbocycles. The van der Waals surface area contributed by atoms with E-state index in [-0.39, 0.29) is 17.7 Å². The van der Waals surface area contributed by atoms with E-state index < -0.39 is 5.41 Å². The second-order valence-corrected chi connectivity index (χ2v) is 5.94. The minimum absolute atomic E-state index is 0.135. The molecule has 1 aliphatic carbocycles. The van der Waals surface area contributed by atoms with Crippen LogP contribution in [0.3, 0.4) is 0 Å². The summed E-state index contributed by atoms with van der Waals surface area (Å²) in [6, 6.07) is 1.88. The summed E-state index contributed by atoms with van der Waals surface area (Å²) in [5.74, 6) is -0.362. The molecule has 1 aliphatic heterocycles. The maximum Gasteiger partial charge on any atom is 0.233 e. The molecule has 1 atom stereocenters. The highest BCUT2D eigenvalue weighted by Gasteiger charge is 2.49. The lowest BCUT2D eigenvalue weighted by atomic mass is 9.64. The topological polar surface area (TPSA) is 76.5 Å². The van der Waals surface area contributed by atoms with Crippen LogP contribution in [-0.2, 0) is 15.0 Å². The summed E-state index contributed by atoms with van der Waals surface area (Å²) in [6.45, 7) is 1.19. The van der Waals surface area contributed by atoms with Crippen LogP contribution in [0.25, 0.3) is 0 Å². The number of primary amides is 1. The number of rotatable bonds is 3. The normalized spacial score (nSPS) is 25.0. The van der Waals surface area contributed by atoms with Crippen LogP contribution in [0.4, 0.5) is 0 Å². The molecule has 2 heterocycles. The molecular formula is C15H20N2O3. The summed E-state index contributed by atoms with van der Waals surface area (Å²) in [5, 5.41) is 0. The lowest BCUT2D eigenvalue weighted by molar-refractivity contribution is -0.143. The van der Waals surface area contributed by atoms with Gasteiger partial charge < -0.3 is 15.1 Å². The standard InChI is InChI=1S/C15H20N2O3/c16-13(18)11-3-1-7-17(9-11)14(19)15(5-2-6-15)12-4-8-20-10-12/h4,8,10-11H,1-3,5-7,9H2,(H2,16,18)/t11-/m0/s1. The smallest absolute Gasteiger partial charge is 0.233 e. The van der Waals surface area contributed by atoms with Gasteiger partial charge in [0.05, 0.1) is 23.9 Å². The Morgan fingerprint density at radius 2 is 2.15 bits per heavy atom. The summed E-state index contributed by atoms with van der Waals surface area (Å²) in [5.41, 5.74) is 5.93. The fraction of sp³-hybridized carbons (Fsp3) is 0.600. The number of hydrogen-bond acceptors (Lipinski definition) is 3. The van der Waals surface area contributed by atoms with Crippen LogP contribution < -0.4 is 5.73 Å². The van der Waals surface area contributed by atoms with Crippen molar-refractivity contribution in [3.63, 3.8) is 0 Å². The highest BCUT2D eigenvalue weighted by Crippen LogP contribution is 2.45. The summed E-state index contributed by atoms with van der Waals surface area (Å²) in [4.78, 5) is 26.1. The van der Waals surface area contributed by atoms with Gasteiger partial charge in [0.15, 0.2) is 0 Å². The van der Waals surface area contributed by atoms with Gasteiger partial charge in [-0.05, 0) is 31.7 Å². The first-order valence-corrected chi connectivity index (χ1v) is 7.25. The van der Waals surface area contributed by atoms with Crippen molar-refractivity contribution < 1.29 is 14.0 Å². The minimum Gasteiger partial charge on any atom is -0.472 e. The molecule has 2 fully saturated rings. The first kappa shape index (κ1) is 13.2. The fourth-order valence-corrected chi connectivity index (χ4v) is 3.39. The highest BCUT2D eigenvalue weighted by atomic mass is 16.3. The van der Waals surface area contributed by atoms with E-state index in [0.717, 1.165) is 44.2 Å². The van der Waals surface area contributed by atoms with Gasteiger partial charge in [0.25, 0.3) is 0 Å². The van der Waals surface area contributed by atoms with Gasteiger partial charge in [-0.15, -0.1) is 0 Å². The Morgan fingerprint density at radius 3 is 2.70 bits per heavy atom. The van der Waals surface area contributed by atoms with Gasteiger partial charge in [-0.1, -0.05) is 6.42 Å². The summed E-state index contributed by atoms with van der Waals surface area (Å²) >= 11 is 0. The van der Waals surface area contributed by atoms with Crippen LogP contribution in [0, 0.1) is 5.92 Å². The molecular weight excluding hydrogens is 256 g/mol. The average molecular weight is 276 g/mol. The van der Waals surface area contributed by atoms with Crippen LogP contribution in [0.2, 0.25) is 0 Å². The number of piperidine rings is 1. The zero-order chi connectivity index (χ0) is 14.2. The van der Waals surface area contributed by atoms with E-state index in [4.69, 9.17) is 10.2 Å². The largest absolute Gasteiger partial charge is 0.472 e. The fourth-order valence-electron chi connectivity index (χ4n) is 3.39. The predicted molar refractivity (Wildman–Crippen MR) is 72.7 cm³/mol. The summed E-state index contributed by atoms with van der Waals surface area (Å²) in [7, 11) is 0. The number of carbonyl (C=O) groups is 2. The van der Waals surface area contributed by atoms with Gasteiger partial charge in [0.1, 0.15) is 0 Å². The molecule has 2 amide bonds. The molecule has 1 saturated heterocycles. The summed E-state index contributed by atoms with van der Waals surface area (Å²) in [6.07, 6.45) is 7.71. The molecule has 108 valence electrons. The lowest BCUT2D eigenvalue weighted by Gasteiger charge is -2.44. The molecule has 2 aliphatic rings. The van der Waals surface area contributed by atoms with Crippen molar-refractivity contribution in [3.05, 3.63) is 24.2 Å². The molecule has 1 aromatic heterocycles. The first-order valence-electron chi connectivity index (χ1n) is 7.25. The van der Waals surface area contributed by atoms with E-state index in [1.807, 2.05) is 11.0 Å². The van der Waals surface area contributed by atoms with Crippen molar-refractivity contribution >= 4 is 11.8 Å². The van der Waals surface area contributed by atoms with E-state index in [1.165, 1.54) is 0 Å². The Hall–Kier alpha value is -1.78. The van der Waals surface area contributed by atoms with Crippen LogP contribution in [0.15, 0.2) is 23.0 Å². The Labute approximate surface area is 118 Å². The van der Waals surface area contributed by atoms with Crippen LogP contribution in [0.5, 0.6) is 0 Å². The van der Waals surface area contributed by atoms with Gasteiger partial charge >= 0.3 is 0 Å². The zero-order valence-corrected chi connectivity index (χ0v) is 11.5. The Balaban J connectivity index is 1.79. The van der Waals surface area contributed by atoms with Crippen molar-refractivity contribution in [1.29, 1.82) is 0 Å². The number of nitrogens with two attached hydrogens (primary N) is 1. The maximum atomic E-state index is 12.9. The van der Waals surface area contributed by atoms with Gasteiger partial charge in [0.2, 0.25) is 11.8 Å². The Morgan fingerprint density at radius 1 is 1.35 bits per heavy atom. The molecule has 5 heteroatoms. The van der Waals surface area contributed by atoms with E-state index in [0.29, 0.717) is 6.54 Å². The first-order chi connectivity index (χ1) is 9.63. The maximum absolute atomic E-state index is 12.9. The molecule has 1 aromatic rings. The number of nitrogens with zero attached hydrogens (tertiary/aromatic N) is 1. The zero-order valence-electron chi connectivity index (χ0n) is 11.5. The van der Waals surface area contributed by atoms with Gasteiger partial charge in [-0.2, -0.15) is 0 Å². The van der Waals surface area contributed by atoms with E-state index in [9.17, 15) is 9.59 Å². The van der Waals surface area contributed by atoms with Crippen LogP contribution in [0.1, 0.15) is 37.7 Å². The quantitative estimate of drug-likeness (QED) is 0.907. The van der Waals surface area contributed by atoms with Crippen molar-refractivity contribution in [1.82, 2.24) is 4.90 Å². The Bertz CT molecular complexity index is 505. The molecule has 0 spiro atoms. The van der Waals surface area contributed by atoms with E-state index in [2.05, 4.69) is 0 Å². The molecule has 0 bridgehead atoms. The average Bonchev–Trinajstić information content (AvgIpc) is 2.92. The number of furan rings is 1. The van der Waals surface area contributed by atoms with Crippen LogP contribution in [-0.4, -0.2) is 29.8 Å². The van der Waals surface area contributed by atoms with Gasteiger partial charge in [-0.25, -0.2) is 0 Å². The van der Waals surface area contributed by atoms with E-state index >= 15 is 0 Å². The minimum atomic E-state index is -0.424. The third-order valence-electron chi connectivity index (χ3n) is 4.80. The molecule has 1 saturated carbocycles. The molecule has 20 heavy (non-hydrogen) atoms. The SMILES string of the molecule is NC(=O)[C@H]1CCCN(C(=O)C2(c3ccoc3)CCC2)C1. The number of hydrogen-bond donors (Lipinski definition) is 1. The number of amides is 2. The number of likely N-dealkylation sites (tertiary alicyclic amines) is 1. The van der Waals surface area contributed by atoms with Crippen LogP contribution >= 0.6 is 0 Å².